The van der Waals surface area contributed by atoms with E-state index in [-0.39, 0.29) is 24.9 Å². The van der Waals surface area contributed by atoms with Crippen LogP contribution in [-0.4, -0.2) is 56.1 Å². The Labute approximate surface area is 249 Å². The first-order valence-electron chi connectivity index (χ1n) is 17.9. The molecular formula is C35H70O5. The highest BCUT2D eigenvalue weighted by atomic mass is 16.7. The van der Waals surface area contributed by atoms with Crippen LogP contribution in [0.15, 0.2) is 0 Å². The van der Waals surface area contributed by atoms with E-state index in [1.165, 1.54) is 135 Å². The Kier molecular flexibility index (Phi) is 27.3. The van der Waals surface area contributed by atoms with Crippen LogP contribution in [0.25, 0.3) is 0 Å². The van der Waals surface area contributed by atoms with Crippen LogP contribution in [0.5, 0.6) is 0 Å². The van der Waals surface area contributed by atoms with Crippen LogP contribution < -0.4 is 0 Å². The zero-order chi connectivity index (χ0) is 28.9. The Morgan fingerprint density at radius 2 is 0.750 bits per heavy atom. The summed E-state index contributed by atoms with van der Waals surface area (Å²) in [5.74, 6) is 0. The average molecular weight is 571 g/mol. The smallest absolute Gasteiger partial charge is 0.186 e. The molecule has 0 aromatic rings. The maximum atomic E-state index is 10.1. The van der Waals surface area contributed by atoms with Crippen molar-refractivity contribution in [1.82, 2.24) is 0 Å². The van der Waals surface area contributed by atoms with E-state index >= 15 is 0 Å². The van der Waals surface area contributed by atoms with E-state index < -0.39 is 6.29 Å². The molecule has 4 atom stereocenters. The second-order valence-electron chi connectivity index (χ2n) is 12.2. The van der Waals surface area contributed by atoms with Crippen molar-refractivity contribution in [3.8, 4) is 0 Å². The highest BCUT2D eigenvalue weighted by molar-refractivity contribution is 4.89. The maximum Gasteiger partial charge on any atom is 0.186 e. The SMILES string of the molecule is CCCCCCCCCCOC1[C@@H](CO)O[C@@H](OCCCCCCCCCC)[C@H]1OCCCCCCCCCC. The van der Waals surface area contributed by atoms with Crippen molar-refractivity contribution in [2.24, 2.45) is 0 Å². The van der Waals surface area contributed by atoms with E-state index in [1.54, 1.807) is 0 Å². The number of hydrogen-bond donors (Lipinski definition) is 1. The summed E-state index contributed by atoms with van der Waals surface area (Å²) in [5, 5.41) is 10.1. The molecule has 0 aromatic heterocycles. The van der Waals surface area contributed by atoms with Gasteiger partial charge in [0.2, 0.25) is 0 Å². The molecule has 0 amide bonds. The van der Waals surface area contributed by atoms with Gasteiger partial charge < -0.3 is 24.1 Å². The molecule has 0 aliphatic carbocycles. The van der Waals surface area contributed by atoms with E-state index in [0.29, 0.717) is 19.8 Å². The predicted molar refractivity (Wildman–Crippen MR) is 169 cm³/mol. The lowest BCUT2D eigenvalue weighted by atomic mass is 10.1. The lowest BCUT2D eigenvalue weighted by molar-refractivity contribution is -0.181. The van der Waals surface area contributed by atoms with Crippen molar-refractivity contribution in [2.45, 2.75) is 199 Å². The van der Waals surface area contributed by atoms with Crippen LogP contribution in [-0.2, 0) is 18.9 Å². The summed E-state index contributed by atoms with van der Waals surface area (Å²) in [6.07, 6.45) is 29.4. The van der Waals surface area contributed by atoms with Gasteiger partial charge in [0.25, 0.3) is 0 Å². The first kappa shape index (κ1) is 37.8. The van der Waals surface area contributed by atoms with Gasteiger partial charge in [0.05, 0.1) is 6.61 Å². The minimum Gasteiger partial charge on any atom is -0.394 e. The molecule has 1 fully saturated rings. The number of rotatable bonds is 31. The second kappa shape index (κ2) is 28.9. The summed E-state index contributed by atoms with van der Waals surface area (Å²) in [6, 6.07) is 0. The molecule has 1 rings (SSSR count). The number of hydrogen-bond acceptors (Lipinski definition) is 5. The van der Waals surface area contributed by atoms with Gasteiger partial charge in [-0.1, -0.05) is 156 Å². The lowest BCUT2D eigenvalue weighted by Crippen LogP contribution is -2.40. The van der Waals surface area contributed by atoms with Crippen LogP contribution in [0.1, 0.15) is 175 Å². The van der Waals surface area contributed by atoms with E-state index in [4.69, 9.17) is 18.9 Å². The molecule has 1 saturated heterocycles. The van der Waals surface area contributed by atoms with Crippen molar-refractivity contribution in [3.63, 3.8) is 0 Å². The largest absolute Gasteiger partial charge is 0.394 e. The van der Waals surface area contributed by atoms with Crippen molar-refractivity contribution < 1.29 is 24.1 Å². The fourth-order valence-electron chi connectivity index (χ4n) is 5.70. The summed E-state index contributed by atoms with van der Waals surface area (Å²) in [5.41, 5.74) is 0. The van der Waals surface area contributed by atoms with E-state index in [9.17, 15) is 5.11 Å². The fraction of sp³-hybridized carbons (Fsp3) is 1.00. The monoisotopic (exact) mass is 571 g/mol. The normalized spacial score (nSPS) is 21.0. The molecule has 0 spiro atoms. The Bertz CT molecular complexity index is 502. The summed E-state index contributed by atoms with van der Waals surface area (Å²) >= 11 is 0. The first-order chi connectivity index (χ1) is 19.8. The minimum atomic E-state index is -0.445. The van der Waals surface area contributed by atoms with Crippen LogP contribution >= 0.6 is 0 Å². The molecule has 5 heteroatoms. The van der Waals surface area contributed by atoms with Gasteiger partial charge in [0.15, 0.2) is 6.29 Å². The molecule has 1 heterocycles. The van der Waals surface area contributed by atoms with Gasteiger partial charge in [0.1, 0.15) is 18.3 Å². The summed E-state index contributed by atoms with van der Waals surface area (Å²) in [6.45, 7) is 8.82. The third kappa shape index (κ3) is 19.8. The van der Waals surface area contributed by atoms with Gasteiger partial charge in [0, 0.05) is 19.8 Å². The van der Waals surface area contributed by atoms with Gasteiger partial charge in [-0.25, -0.2) is 0 Å². The van der Waals surface area contributed by atoms with Crippen molar-refractivity contribution in [3.05, 3.63) is 0 Å². The molecular weight excluding hydrogens is 500 g/mol. The summed E-state index contributed by atoms with van der Waals surface area (Å²) in [4.78, 5) is 0. The number of ether oxygens (including phenoxy) is 4. The van der Waals surface area contributed by atoms with Gasteiger partial charge in [-0.2, -0.15) is 0 Å². The first-order valence-corrected chi connectivity index (χ1v) is 17.9. The Hall–Kier alpha value is -0.200. The zero-order valence-electron chi connectivity index (χ0n) is 27.2. The van der Waals surface area contributed by atoms with Crippen molar-refractivity contribution in [1.29, 1.82) is 0 Å². The molecule has 1 unspecified atom stereocenters. The molecule has 0 aromatic carbocycles. The molecule has 1 aliphatic rings. The topological polar surface area (TPSA) is 57.2 Å². The van der Waals surface area contributed by atoms with Gasteiger partial charge in [-0.3, -0.25) is 0 Å². The number of aliphatic hydroxyl groups is 1. The standard InChI is InChI=1S/C35H70O5/c1-4-7-10-13-16-19-22-25-28-37-33-32(31-36)40-35(39-30-27-24-21-18-15-12-9-6-3)34(33)38-29-26-23-20-17-14-11-8-5-2/h32-36H,4-31H2,1-3H3/t32-,33?,34+,35-/m1/s1. The Balaban J connectivity index is 2.41. The van der Waals surface area contributed by atoms with Crippen LogP contribution in [0.2, 0.25) is 0 Å². The Morgan fingerprint density at radius 3 is 1.12 bits per heavy atom. The fourth-order valence-corrected chi connectivity index (χ4v) is 5.70. The Morgan fingerprint density at radius 1 is 0.425 bits per heavy atom. The van der Waals surface area contributed by atoms with Crippen LogP contribution in [0, 0.1) is 0 Å². The molecule has 0 saturated carbocycles. The maximum absolute atomic E-state index is 10.1. The summed E-state index contributed by atoms with van der Waals surface area (Å²) in [7, 11) is 0. The third-order valence-electron chi connectivity index (χ3n) is 8.34. The van der Waals surface area contributed by atoms with E-state index in [1.807, 2.05) is 0 Å². The summed E-state index contributed by atoms with van der Waals surface area (Å²) < 4.78 is 25.1. The average Bonchev–Trinajstić information content (AvgIpc) is 3.30. The van der Waals surface area contributed by atoms with Crippen molar-refractivity contribution in [2.75, 3.05) is 26.4 Å². The molecule has 1 aliphatic heterocycles. The molecule has 0 bridgehead atoms. The molecule has 240 valence electrons. The molecule has 40 heavy (non-hydrogen) atoms. The molecule has 5 nitrogen and oxygen atoms in total. The van der Waals surface area contributed by atoms with Gasteiger partial charge in [-0.15, -0.1) is 0 Å². The van der Waals surface area contributed by atoms with Crippen LogP contribution in [0.3, 0.4) is 0 Å². The predicted octanol–water partition coefficient (Wildman–Crippen LogP) is 9.91. The second-order valence-corrected chi connectivity index (χ2v) is 12.2. The van der Waals surface area contributed by atoms with Crippen LogP contribution in [0.4, 0.5) is 0 Å². The quantitative estimate of drug-likeness (QED) is 0.0841. The van der Waals surface area contributed by atoms with Gasteiger partial charge in [-0.05, 0) is 19.3 Å². The van der Waals surface area contributed by atoms with Crippen molar-refractivity contribution >= 4 is 0 Å². The number of aliphatic hydroxyl groups excluding tert-OH is 1. The highest BCUT2D eigenvalue weighted by Gasteiger charge is 2.46. The molecule has 0 radical (unpaired) electrons. The molecule has 1 N–H and O–H groups in total. The third-order valence-corrected chi connectivity index (χ3v) is 8.34. The van der Waals surface area contributed by atoms with Gasteiger partial charge >= 0.3 is 0 Å². The highest BCUT2D eigenvalue weighted by Crippen LogP contribution is 2.28. The zero-order valence-corrected chi connectivity index (χ0v) is 27.2. The lowest BCUT2D eigenvalue weighted by Gasteiger charge is -2.24. The number of unbranched alkanes of at least 4 members (excludes halogenated alkanes) is 21. The van der Waals surface area contributed by atoms with E-state index in [2.05, 4.69) is 20.8 Å². The minimum absolute atomic E-state index is 0.0582. The van der Waals surface area contributed by atoms with E-state index in [0.717, 1.165) is 19.3 Å².